The van der Waals surface area contributed by atoms with E-state index in [9.17, 15) is 36.2 Å². The van der Waals surface area contributed by atoms with Crippen LogP contribution in [0.4, 0.5) is 26.3 Å². The highest BCUT2D eigenvalue weighted by Crippen LogP contribution is 2.44. The molecule has 0 aliphatic heterocycles. The van der Waals surface area contributed by atoms with E-state index in [2.05, 4.69) is 4.98 Å². The van der Waals surface area contributed by atoms with Gasteiger partial charge in [-0.15, -0.1) is 0 Å². The van der Waals surface area contributed by atoms with Crippen molar-refractivity contribution >= 4 is 5.97 Å². The number of carboxylic acid groups (broad SMARTS) is 1. The van der Waals surface area contributed by atoms with Gasteiger partial charge in [-0.25, -0.2) is 4.79 Å². The van der Waals surface area contributed by atoms with E-state index in [0.29, 0.717) is 0 Å². The number of alkyl halides is 6. The van der Waals surface area contributed by atoms with E-state index < -0.39 is 57.4 Å². The number of carboxylic acids is 1. The molecule has 1 N–H and O–H groups in total. The van der Waals surface area contributed by atoms with E-state index >= 15 is 0 Å². The third-order valence-corrected chi connectivity index (χ3v) is 4.17. The van der Waals surface area contributed by atoms with Gasteiger partial charge in [-0.05, 0) is 23.8 Å². The lowest BCUT2D eigenvalue weighted by atomic mass is 9.90. The maximum atomic E-state index is 13.5. The molecule has 0 saturated heterocycles. The van der Waals surface area contributed by atoms with Crippen LogP contribution in [-0.2, 0) is 12.4 Å². The maximum absolute atomic E-state index is 13.5. The Morgan fingerprint density at radius 2 is 1.24 bits per heavy atom. The average molecular weight is 411 g/mol. The Morgan fingerprint density at radius 3 is 1.76 bits per heavy atom. The van der Waals surface area contributed by atoms with Crippen molar-refractivity contribution in [2.75, 3.05) is 0 Å². The second-order valence-corrected chi connectivity index (χ2v) is 5.97. The van der Waals surface area contributed by atoms with Crippen LogP contribution in [0.25, 0.3) is 22.4 Å². The minimum atomic E-state index is -4.86. The summed E-state index contributed by atoms with van der Waals surface area (Å²) in [4.78, 5) is 15.5. The molecule has 150 valence electrons. The van der Waals surface area contributed by atoms with Gasteiger partial charge in [0.2, 0.25) is 0 Å². The van der Waals surface area contributed by atoms with E-state index in [-0.39, 0.29) is 0 Å². The van der Waals surface area contributed by atoms with E-state index in [0.717, 1.165) is 48.7 Å². The van der Waals surface area contributed by atoms with Gasteiger partial charge in [-0.3, -0.25) is 4.98 Å². The number of aromatic nitrogens is 1. The van der Waals surface area contributed by atoms with Crippen LogP contribution in [0.2, 0.25) is 0 Å². The van der Waals surface area contributed by atoms with Gasteiger partial charge in [-0.2, -0.15) is 26.3 Å². The van der Waals surface area contributed by atoms with Gasteiger partial charge in [-0.1, -0.05) is 36.4 Å². The lowest BCUT2D eigenvalue weighted by Crippen LogP contribution is -2.12. The number of benzene rings is 2. The predicted octanol–water partition coefficient (Wildman–Crippen LogP) is 6.15. The molecule has 0 aliphatic rings. The molecule has 29 heavy (non-hydrogen) atoms. The first-order chi connectivity index (χ1) is 13.5. The minimum Gasteiger partial charge on any atom is -0.478 e. The molecule has 0 spiro atoms. The zero-order valence-corrected chi connectivity index (χ0v) is 14.3. The van der Waals surface area contributed by atoms with E-state index in [1.807, 2.05) is 0 Å². The minimum absolute atomic E-state index is 0.505. The average Bonchev–Trinajstić information content (AvgIpc) is 2.66. The molecule has 1 heterocycles. The van der Waals surface area contributed by atoms with Gasteiger partial charge in [0.05, 0.1) is 22.4 Å². The zero-order chi connectivity index (χ0) is 21.4. The topological polar surface area (TPSA) is 50.2 Å². The summed E-state index contributed by atoms with van der Waals surface area (Å²) >= 11 is 0. The van der Waals surface area contributed by atoms with Crippen LogP contribution >= 0.6 is 0 Å². The first kappa shape index (κ1) is 20.4. The van der Waals surface area contributed by atoms with E-state index in [1.54, 1.807) is 0 Å². The van der Waals surface area contributed by atoms with E-state index in [4.69, 9.17) is 0 Å². The second kappa shape index (κ2) is 7.23. The lowest BCUT2D eigenvalue weighted by molar-refractivity contribution is -0.138. The number of pyridine rings is 1. The van der Waals surface area contributed by atoms with Gasteiger partial charge in [0.25, 0.3) is 0 Å². The maximum Gasteiger partial charge on any atom is 0.417 e. The number of hydrogen-bond acceptors (Lipinski definition) is 2. The van der Waals surface area contributed by atoms with Crippen molar-refractivity contribution in [1.82, 2.24) is 4.98 Å². The van der Waals surface area contributed by atoms with Crippen molar-refractivity contribution in [3.8, 4) is 22.4 Å². The quantitative estimate of drug-likeness (QED) is 0.526. The fraction of sp³-hybridized carbons (Fsp3) is 0.100. The Morgan fingerprint density at radius 1 is 0.759 bits per heavy atom. The molecule has 0 amide bonds. The Hall–Kier alpha value is -3.36. The van der Waals surface area contributed by atoms with Crippen molar-refractivity contribution in [2.45, 2.75) is 12.4 Å². The number of nitrogens with zero attached hydrogens (tertiary/aromatic N) is 1. The number of aromatic carboxylic acids is 1. The van der Waals surface area contributed by atoms with Crippen LogP contribution in [0.5, 0.6) is 0 Å². The summed E-state index contributed by atoms with van der Waals surface area (Å²) in [6, 6.07) is 9.20. The third kappa shape index (κ3) is 3.94. The molecule has 0 unspecified atom stereocenters. The smallest absolute Gasteiger partial charge is 0.417 e. The summed E-state index contributed by atoms with van der Waals surface area (Å²) in [5.74, 6) is -1.59. The predicted molar refractivity (Wildman–Crippen MR) is 92.1 cm³/mol. The molecule has 1 aromatic heterocycles. The van der Waals surface area contributed by atoms with Crippen molar-refractivity contribution in [2.24, 2.45) is 0 Å². The standard InChI is InChI=1S/C20H11F6NO2/c21-19(22,23)14-7-3-1-5-11(14)16-13(18(28)29)9-10-27-17(16)12-6-2-4-8-15(12)20(24,25)26/h1-10H,(H,28,29). The Kier molecular flexibility index (Phi) is 5.08. The van der Waals surface area contributed by atoms with Gasteiger partial charge >= 0.3 is 18.3 Å². The fourth-order valence-electron chi connectivity index (χ4n) is 3.00. The fourth-order valence-corrected chi connectivity index (χ4v) is 3.00. The Balaban J connectivity index is 2.45. The van der Waals surface area contributed by atoms with Gasteiger partial charge in [0.15, 0.2) is 0 Å². The summed E-state index contributed by atoms with van der Waals surface area (Å²) in [6.07, 6.45) is -8.73. The van der Waals surface area contributed by atoms with Gasteiger partial charge < -0.3 is 5.11 Å². The molecule has 0 saturated carbocycles. The highest BCUT2D eigenvalue weighted by Gasteiger charge is 2.37. The molecule has 3 nitrogen and oxygen atoms in total. The lowest BCUT2D eigenvalue weighted by Gasteiger charge is -2.19. The van der Waals surface area contributed by atoms with Crippen LogP contribution in [0, 0.1) is 0 Å². The SMILES string of the molecule is O=C(O)c1ccnc(-c2ccccc2C(F)(F)F)c1-c1ccccc1C(F)(F)F. The highest BCUT2D eigenvalue weighted by atomic mass is 19.4. The van der Waals surface area contributed by atoms with Crippen LogP contribution in [0.15, 0.2) is 60.8 Å². The largest absolute Gasteiger partial charge is 0.478 e. The van der Waals surface area contributed by atoms with Crippen molar-refractivity contribution in [1.29, 1.82) is 0 Å². The van der Waals surface area contributed by atoms with Crippen LogP contribution in [0.1, 0.15) is 21.5 Å². The Labute approximate surface area is 160 Å². The molecule has 0 aliphatic carbocycles. The number of carbonyl (C=O) groups is 1. The zero-order valence-electron chi connectivity index (χ0n) is 14.3. The van der Waals surface area contributed by atoms with Gasteiger partial charge in [0.1, 0.15) is 0 Å². The molecule has 3 rings (SSSR count). The first-order valence-corrected chi connectivity index (χ1v) is 8.07. The molecule has 0 bridgehead atoms. The number of hydrogen-bond donors (Lipinski definition) is 1. The molecule has 3 aromatic rings. The summed E-state index contributed by atoms with van der Waals surface area (Å²) in [5.41, 5.74) is -5.04. The highest BCUT2D eigenvalue weighted by molar-refractivity contribution is 6.01. The van der Waals surface area contributed by atoms with E-state index in [1.165, 1.54) is 12.1 Å². The second-order valence-electron chi connectivity index (χ2n) is 5.97. The van der Waals surface area contributed by atoms with Crippen LogP contribution in [-0.4, -0.2) is 16.1 Å². The molecule has 0 radical (unpaired) electrons. The molecule has 0 fully saturated rings. The molecule has 0 atom stereocenters. The molecular weight excluding hydrogens is 400 g/mol. The van der Waals surface area contributed by atoms with Crippen molar-refractivity contribution < 1.29 is 36.2 Å². The van der Waals surface area contributed by atoms with Crippen LogP contribution < -0.4 is 0 Å². The number of rotatable bonds is 3. The van der Waals surface area contributed by atoms with Gasteiger partial charge in [0, 0.05) is 17.3 Å². The Bertz CT molecular complexity index is 1070. The number of halogens is 6. The summed E-state index contributed by atoms with van der Waals surface area (Å²) < 4.78 is 81.0. The van der Waals surface area contributed by atoms with Crippen LogP contribution in [0.3, 0.4) is 0 Å². The molecular formula is C20H11F6NO2. The molecule has 9 heteroatoms. The third-order valence-electron chi connectivity index (χ3n) is 4.17. The monoisotopic (exact) mass is 411 g/mol. The molecule has 2 aromatic carbocycles. The van der Waals surface area contributed by atoms with Crippen molar-refractivity contribution in [3.05, 3.63) is 77.5 Å². The van der Waals surface area contributed by atoms with Crippen molar-refractivity contribution in [3.63, 3.8) is 0 Å². The summed E-state index contributed by atoms with van der Waals surface area (Å²) in [6.45, 7) is 0. The first-order valence-electron chi connectivity index (χ1n) is 8.07. The normalized spacial score (nSPS) is 12.1. The summed E-state index contributed by atoms with van der Waals surface area (Å²) in [7, 11) is 0. The summed E-state index contributed by atoms with van der Waals surface area (Å²) in [5, 5.41) is 9.49.